The molecule has 0 aromatic carbocycles. The van der Waals surface area contributed by atoms with Gasteiger partial charge in [-0.15, -0.1) is 0 Å². The number of carboxylic acids is 1. The molecule has 0 radical (unpaired) electrons. The van der Waals surface area contributed by atoms with Crippen molar-refractivity contribution in [2.75, 3.05) is 33.7 Å². The summed E-state index contributed by atoms with van der Waals surface area (Å²) in [5.41, 5.74) is 0.792. The molecule has 1 aromatic heterocycles. The normalized spacial score (nSPS) is 18.7. The molecule has 1 aliphatic heterocycles. The number of hydrogen-bond donors (Lipinski definition) is 1. The second-order valence-corrected chi connectivity index (χ2v) is 5.74. The molecule has 1 amide bonds. The molecule has 0 aliphatic carbocycles. The van der Waals surface area contributed by atoms with E-state index in [4.69, 9.17) is 5.11 Å². The quantitative estimate of drug-likeness (QED) is 0.899. The molecule has 2 heterocycles. The number of carbonyl (C=O) groups is 2. The maximum atomic E-state index is 12.3. The Labute approximate surface area is 124 Å². The molecule has 1 saturated heterocycles. The van der Waals surface area contributed by atoms with E-state index in [-0.39, 0.29) is 11.5 Å². The largest absolute Gasteiger partial charge is 0.478 e. The van der Waals surface area contributed by atoms with E-state index in [1.165, 1.54) is 12.1 Å². The summed E-state index contributed by atoms with van der Waals surface area (Å²) in [6.45, 7) is 4.37. The van der Waals surface area contributed by atoms with Gasteiger partial charge in [-0.1, -0.05) is 0 Å². The number of hydrogen-bond acceptors (Lipinski definition) is 4. The highest BCUT2D eigenvalue weighted by Crippen LogP contribution is 2.16. The minimum atomic E-state index is -1.03. The van der Waals surface area contributed by atoms with Crippen LogP contribution in [0.15, 0.2) is 12.1 Å². The molecule has 6 nitrogen and oxygen atoms in total. The van der Waals surface area contributed by atoms with E-state index in [0.717, 1.165) is 19.5 Å². The van der Waals surface area contributed by atoms with Gasteiger partial charge in [0.2, 0.25) is 0 Å². The molecule has 0 spiro atoms. The Kier molecular flexibility index (Phi) is 4.57. The van der Waals surface area contributed by atoms with E-state index >= 15 is 0 Å². The second-order valence-electron chi connectivity index (χ2n) is 5.74. The first kappa shape index (κ1) is 15.4. The molecule has 1 unspecified atom stereocenters. The maximum Gasteiger partial charge on any atom is 0.337 e. The number of aromatic nitrogens is 1. The zero-order valence-electron chi connectivity index (χ0n) is 12.7. The van der Waals surface area contributed by atoms with Crippen LogP contribution in [-0.4, -0.2) is 65.5 Å². The third-order valence-electron chi connectivity index (χ3n) is 3.90. The Bertz CT molecular complexity index is 559. The van der Waals surface area contributed by atoms with Crippen molar-refractivity contribution in [2.24, 2.45) is 5.92 Å². The predicted octanol–water partition coefficient (Wildman–Crippen LogP) is 1.11. The summed E-state index contributed by atoms with van der Waals surface area (Å²) in [6, 6.07) is 2.92. The summed E-state index contributed by atoms with van der Waals surface area (Å²) in [4.78, 5) is 31.4. The zero-order valence-corrected chi connectivity index (χ0v) is 12.7. The summed E-state index contributed by atoms with van der Waals surface area (Å²) < 4.78 is 0. The van der Waals surface area contributed by atoms with E-state index in [0.29, 0.717) is 23.9 Å². The van der Waals surface area contributed by atoms with E-state index in [1.54, 1.807) is 18.9 Å². The summed E-state index contributed by atoms with van der Waals surface area (Å²) in [7, 11) is 3.85. The molecule has 2 rings (SSSR count). The monoisotopic (exact) mass is 291 g/mol. The molecule has 0 bridgehead atoms. The third-order valence-corrected chi connectivity index (χ3v) is 3.90. The number of likely N-dealkylation sites (tertiary alicyclic amines) is 1. The van der Waals surface area contributed by atoms with E-state index in [1.807, 2.05) is 0 Å². The van der Waals surface area contributed by atoms with Crippen molar-refractivity contribution in [1.82, 2.24) is 14.8 Å². The van der Waals surface area contributed by atoms with Crippen LogP contribution in [0.25, 0.3) is 0 Å². The number of pyridine rings is 1. The number of aryl methyl sites for hydroxylation is 1. The van der Waals surface area contributed by atoms with Crippen LogP contribution in [0.4, 0.5) is 0 Å². The lowest BCUT2D eigenvalue weighted by Crippen LogP contribution is -2.33. The fourth-order valence-electron chi connectivity index (χ4n) is 2.75. The highest BCUT2D eigenvalue weighted by Gasteiger charge is 2.24. The fraction of sp³-hybridized carbons (Fsp3) is 0.533. The first-order chi connectivity index (χ1) is 9.88. The second kappa shape index (κ2) is 6.22. The number of amides is 1. The van der Waals surface area contributed by atoms with Crippen molar-refractivity contribution in [3.05, 3.63) is 29.1 Å². The Morgan fingerprint density at radius 3 is 2.71 bits per heavy atom. The molecule has 1 aromatic rings. The SMILES string of the molecule is Cc1nc(C(=O)N(C)CC2CCN(C)C2)ccc1C(=O)O. The maximum absolute atomic E-state index is 12.3. The van der Waals surface area contributed by atoms with Gasteiger partial charge in [-0.3, -0.25) is 4.79 Å². The third kappa shape index (κ3) is 3.58. The summed E-state index contributed by atoms with van der Waals surface area (Å²) in [5, 5.41) is 8.98. The fourth-order valence-corrected chi connectivity index (χ4v) is 2.75. The van der Waals surface area contributed by atoms with Gasteiger partial charge in [0, 0.05) is 20.1 Å². The molecule has 0 saturated carbocycles. The van der Waals surface area contributed by atoms with E-state index < -0.39 is 5.97 Å². The minimum Gasteiger partial charge on any atom is -0.478 e. The first-order valence-electron chi connectivity index (χ1n) is 7.03. The summed E-state index contributed by atoms with van der Waals surface area (Å²) >= 11 is 0. The van der Waals surface area contributed by atoms with Crippen molar-refractivity contribution in [3.8, 4) is 0 Å². The smallest absolute Gasteiger partial charge is 0.337 e. The Morgan fingerprint density at radius 2 is 2.19 bits per heavy atom. The summed E-state index contributed by atoms with van der Waals surface area (Å²) in [6.07, 6.45) is 1.10. The highest BCUT2D eigenvalue weighted by molar-refractivity contribution is 5.94. The van der Waals surface area contributed by atoms with Crippen molar-refractivity contribution >= 4 is 11.9 Å². The number of carbonyl (C=O) groups excluding carboxylic acids is 1. The van der Waals surface area contributed by atoms with Gasteiger partial charge in [-0.25, -0.2) is 9.78 Å². The summed E-state index contributed by atoms with van der Waals surface area (Å²) in [5.74, 6) is -0.700. The van der Waals surface area contributed by atoms with Crippen LogP contribution in [0.1, 0.15) is 33.0 Å². The van der Waals surface area contributed by atoms with Gasteiger partial charge in [-0.05, 0) is 45.0 Å². The van der Waals surface area contributed by atoms with Crippen LogP contribution < -0.4 is 0 Å². The van der Waals surface area contributed by atoms with Crippen LogP contribution in [0.2, 0.25) is 0 Å². The van der Waals surface area contributed by atoms with Crippen LogP contribution in [-0.2, 0) is 0 Å². The van der Waals surface area contributed by atoms with Gasteiger partial charge in [0.1, 0.15) is 5.69 Å². The molecular weight excluding hydrogens is 270 g/mol. The molecule has 6 heteroatoms. The van der Waals surface area contributed by atoms with Gasteiger partial charge >= 0.3 is 5.97 Å². The van der Waals surface area contributed by atoms with Gasteiger partial charge in [-0.2, -0.15) is 0 Å². The molecule has 114 valence electrons. The highest BCUT2D eigenvalue weighted by atomic mass is 16.4. The number of rotatable bonds is 4. The molecule has 1 aliphatic rings. The van der Waals surface area contributed by atoms with E-state index in [9.17, 15) is 9.59 Å². The van der Waals surface area contributed by atoms with Gasteiger partial charge < -0.3 is 14.9 Å². The standard InChI is InChI=1S/C15H21N3O3/c1-10-12(15(20)21)4-5-13(16-10)14(19)18(3)9-11-6-7-17(2)8-11/h4-5,11H,6-9H2,1-3H3,(H,20,21). The zero-order chi connectivity index (χ0) is 15.6. The van der Waals surface area contributed by atoms with Crippen LogP contribution in [0.5, 0.6) is 0 Å². The van der Waals surface area contributed by atoms with Gasteiger partial charge in [0.15, 0.2) is 0 Å². The van der Waals surface area contributed by atoms with Crippen molar-refractivity contribution in [1.29, 1.82) is 0 Å². The number of carboxylic acid groups (broad SMARTS) is 1. The van der Waals surface area contributed by atoms with Gasteiger partial charge in [0.05, 0.1) is 11.3 Å². The number of nitrogens with zero attached hydrogens (tertiary/aromatic N) is 3. The van der Waals surface area contributed by atoms with E-state index in [2.05, 4.69) is 16.9 Å². The number of aromatic carboxylic acids is 1. The van der Waals surface area contributed by atoms with Crippen LogP contribution in [0.3, 0.4) is 0 Å². The van der Waals surface area contributed by atoms with Crippen LogP contribution >= 0.6 is 0 Å². The van der Waals surface area contributed by atoms with Crippen molar-refractivity contribution < 1.29 is 14.7 Å². The Balaban J connectivity index is 2.05. The molecule has 1 fully saturated rings. The van der Waals surface area contributed by atoms with Crippen molar-refractivity contribution in [2.45, 2.75) is 13.3 Å². The van der Waals surface area contributed by atoms with Crippen LogP contribution in [0, 0.1) is 12.8 Å². The lowest BCUT2D eigenvalue weighted by atomic mass is 10.1. The van der Waals surface area contributed by atoms with Crippen molar-refractivity contribution in [3.63, 3.8) is 0 Å². The predicted molar refractivity (Wildman–Crippen MR) is 78.5 cm³/mol. The molecular formula is C15H21N3O3. The lowest BCUT2D eigenvalue weighted by Gasteiger charge is -2.21. The lowest BCUT2D eigenvalue weighted by molar-refractivity contribution is 0.0692. The minimum absolute atomic E-state index is 0.131. The molecule has 1 N–H and O–H groups in total. The topological polar surface area (TPSA) is 73.7 Å². The Morgan fingerprint density at radius 1 is 1.48 bits per heavy atom. The average Bonchev–Trinajstić information content (AvgIpc) is 2.82. The Hall–Kier alpha value is -1.95. The molecule has 21 heavy (non-hydrogen) atoms. The van der Waals surface area contributed by atoms with Gasteiger partial charge in [0.25, 0.3) is 5.91 Å². The molecule has 1 atom stereocenters. The average molecular weight is 291 g/mol. The first-order valence-corrected chi connectivity index (χ1v) is 7.03.